The van der Waals surface area contributed by atoms with Gasteiger partial charge in [-0.3, -0.25) is 4.79 Å². The molecule has 2 aromatic heterocycles. The van der Waals surface area contributed by atoms with Crippen LogP contribution in [0.25, 0.3) is 16.7 Å². The molecule has 4 rings (SSSR count). The van der Waals surface area contributed by atoms with E-state index >= 15 is 0 Å². The second-order valence-corrected chi connectivity index (χ2v) is 9.23. The van der Waals surface area contributed by atoms with Gasteiger partial charge in [0, 0.05) is 13.1 Å². The molecule has 0 aliphatic carbocycles. The van der Waals surface area contributed by atoms with E-state index < -0.39 is 0 Å². The Hall–Kier alpha value is -2.48. The fraction of sp³-hybridized carbons (Fsp3) is 0.429. The van der Waals surface area contributed by atoms with Gasteiger partial charge in [0.1, 0.15) is 17.2 Å². The van der Waals surface area contributed by atoms with E-state index in [1.165, 1.54) is 36.6 Å². The van der Waals surface area contributed by atoms with Gasteiger partial charge in [0.05, 0.1) is 22.5 Å². The summed E-state index contributed by atoms with van der Waals surface area (Å²) in [5, 5.41) is 5.65. The first-order valence-corrected chi connectivity index (χ1v) is 10.7. The number of thioether (sulfide) groups is 1. The van der Waals surface area contributed by atoms with Crippen molar-refractivity contribution in [1.82, 2.24) is 24.6 Å². The van der Waals surface area contributed by atoms with E-state index in [9.17, 15) is 9.18 Å². The van der Waals surface area contributed by atoms with Crippen molar-refractivity contribution >= 4 is 28.7 Å². The average molecular weight is 414 g/mol. The van der Waals surface area contributed by atoms with Crippen LogP contribution >= 0.6 is 11.8 Å². The average Bonchev–Trinajstić information content (AvgIpc) is 3.12. The molecule has 152 valence electrons. The molecule has 1 fully saturated rings. The van der Waals surface area contributed by atoms with Gasteiger partial charge in [0.15, 0.2) is 5.65 Å². The highest BCUT2D eigenvalue weighted by molar-refractivity contribution is 8.00. The van der Waals surface area contributed by atoms with E-state index in [0.717, 1.165) is 29.2 Å². The molecule has 0 saturated carbocycles. The first-order chi connectivity index (χ1) is 13.9. The van der Waals surface area contributed by atoms with Crippen LogP contribution in [0.5, 0.6) is 0 Å². The smallest absolute Gasteiger partial charge is 0.235 e. The molecular weight excluding hydrogens is 389 g/mol. The maximum Gasteiger partial charge on any atom is 0.235 e. The van der Waals surface area contributed by atoms with Crippen molar-refractivity contribution in [2.75, 3.05) is 13.1 Å². The summed E-state index contributed by atoms with van der Waals surface area (Å²) in [6, 6.07) is 6.09. The molecular formula is C21H24FN5OS. The molecule has 0 bridgehead atoms. The predicted molar refractivity (Wildman–Crippen MR) is 111 cm³/mol. The summed E-state index contributed by atoms with van der Waals surface area (Å²) in [6.07, 6.45) is 4.35. The number of carbonyl (C=O) groups excluding carboxylic acids is 1. The molecule has 1 amide bonds. The van der Waals surface area contributed by atoms with Gasteiger partial charge >= 0.3 is 0 Å². The molecule has 3 unspecified atom stereocenters. The summed E-state index contributed by atoms with van der Waals surface area (Å²) in [5.41, 5.74) is 1.35. The quantitative estimate of drug-likeness (QED) is 0.479. The van der Waals surface area contributed by atoms with Gasteiger partial charge < -0.3 is 4.90 Å². The molecule has 1 aliphatic rings. The number of carbonyl (C=O) groups is 1. The van der Waals surface area contributed by atoms with Gasteiger partial charge in [0.2, 0.25) is 5.91 Å². The minimum atomic E-state index is -0.301. The maximum absolute atomic E-state index is 13.2. The SMILES string of the molecule is CC1CC(C)CN(C(=O)C(C)Sc2ncnc3c2cnn3-c2ccc(F)cc2)C1. The van der Waals surface area contributed by atoms with E-state index in [0.29, 0.717) is 17.5 Å². The van der Waals surface area contributed by atoms with Gasteiger partial charge in [-0.1, -0.05) is 25.6 Å². The van der Waals surface area contributed by atoms with Gasteiger partial charge in [-0.2, -0.15) is 5.10 Å². The third kappa shape index (κ3) is 4.12. The van der Waals surface area contributed by atoms with Gasteiger partial charge in [-0.05, 0) is 49.4 Å². The fourth-order valence-electron chi connectivity index (χ4n) is 4.01. The lowest BCUT2D eigenvalue weighted by Crippen LogP contribution is -2.45. The Kier molecular flexibility index (Phi) is 5.54. The van der Waals surface area contributed by atoms with Crippen LogP contribution < -0.4 is 0 Å². The number of piperidine rings is 1. The molecule has 6 nitrogen and oxygen atoms in total. The first kappa shape index (κ1) is 19.8. The van der Waals surface area contributed by atoms with Crippen LogP contribution in [0.3, 0.4) is 0 Å². The van der Waals surface area contributed by atoms with E-state index in [1.807, 2.05) is 11.8 Å². The number of rotatable bonds is 4. The van der Waals surface area contributed by atoms with Crippen LogP contribution in [0.4, 0.5) is 4.39 Å². The number of nitrogens with zero attached hydrogens (tertiary/aromatic N) is 5. The zero-order valence-corrected chi connectivity index (χ0v) is 17.6. The van der Waals surface area contributed by atoms with Gasteiger partial charge in [-0.25, -0.2) is 19.0 Å². The summed E-state index contributed by atoms with van der Waals surface area (Å²) in [6.45, 7) is 7.96. The lowest BCUT2D eigenvalue weighted by molar-refractivity contribution is -0.132. The van der Waals surface area contributed by atoms with Crippen molar-refractivity contribution in [3.05, 3.63) is 42.6 Å². The minimum Gasteiger partial charge on any atom is -0.341 e. The highest BCUT2D eigenvalue weighted by atomic mass is 32.2. The van der Waals surface area contributed by atoms with Crippen molar-refractivity contribution in [1.29, 1.82) is 0 Å². The summed E-state index contributed by atoms with van der Waals surface area (Å²) in [5.74, 6) is 0.898. The molecule has 1 aliphatic heterocycles. The monoisotopic (exact) mass is 413 g/mol. The van der Waals surface area contributed by atoms with Gasteiger partial charge in [-0.15, -0.1) is 0 Å². The Bertz CT molecular complexity index is 1010. The number of fused-ring (bicyclic) bond motifs is 1. The number of hydrogen-bond acceptors (Lipinski definition) is 5. The molecule has 0 spiro atoms. The third-order valence-corrected chi connectivity index (χ3v) is 6.32. The number of benzene rings is 1. The highest BCUT2D eigenvalue weighted by Crippen LogP contribution is 2.31. The Morgan fingerprint density at radius 3 is 2.55 bits per heavy atom. The molecule has 0 radical (unpaired) electrons. The lowest BCUT2D eigenvalue weighted by atomic mass is 9.92. The molecule has 29 heavy (non-hydrogen) atoms. The summed E-state index contributed by atoms with van der Waals surface area (Å²) in [4.78, 5) is 23.7. The largest absolute Gasteiger partial charge is 0.341 e. The highest BCUT2D eigenvalue weighted by Gasteiger charge is 2.29. The van der Waals surface area contributed by atoms with Crippen LogP contribution in [0.1, 0.15) is 27.2 Å². The molecule has 1 aromatic carbocycles. The van der Waals surface area contributed by atoms with Crippen LogP contribution in [-0.4, -0.2) is 48.9 Å². The van der Waals surface area contributed by atoms with Crippen molar-refractivity contribution in [3.63, 3.8) is 0 Å². The molecule has 8 heteroatoms. The zero-order valence-electron chi connectivity index (χ0n) is 16.7. The summed E-state index contributed by atoms with van der Waals surface area (Å²) in [7, 11) is 0. The van der Waals surface area contributed by atoms with E-state index in [4.69, 9.17) is 0 Å². The predicted octanol–water partition coefficient (Wildman–Crippen LogP) is 3.94. The van der Waals surface area contributed by atoms with Crippen LogP contribution in [0.2, 0.25) is 0 Å². The first-order valence-electron chi connectivity index (χ1n) is 9.82. The molecule has 0 N–H and O–H groups in total. The number of likely N-dealkylation sites (tertiary alicyclic amines) is 1. The molecule has 3 heterocycles. The molecule has 3 atom stereocenters. The van der Waals surface area contributed by atoms with Gasteiger partial charge in [0.25, 0.3) is 0 Å². The second-order valence-electron chi connectivity index (χ2n) is 7.90. The van der Waals surface area contributed by atoms with E-state index in [-0.39, 0.29) is 17.0 Å². The second kappa shape index (κ2) is 8.10. The van der Waals surface area contributed by atoms with Crippen molar-refractivity contribution in [2.24, 2.45) is 11.8 Å². The number of hydrogen-bond donors (Lipinski definition) is 0. The standard InChI is InChI=1S/C21H24FN5OS/c1-13-8-14(2)11-26(10-13)21(28)15(3)29-20-18-9-25-27(19(18)23-12-24-20)17-6-4-16(22)5-7-17/h4-7,9,12-15H,8,10-11H2,1-3H3. The Balaban J connectivity index is 1.57. The van der Waals surface area contributed by atoms with Crippen LogP contribution in [-0.2, 0) is 4.79 Å². The normalized spacial score (nSPS) is 20.8. The van der Waals surface area contributed by atoms with E-state index in [1.54, 1.807) is 23.0 Å². The van der Waals surface area contributed by atoms with Crippen LogP contribution in [0, 0.1) is 17.7 Å². The number of halogens is 1. The third-order valence-electron chi connectivity index (χ3n) is 5.22. The summed E-state index contributed by atoms with van der Waals surface area (Å²) < 4.78 is 14.9. The summed E-state index contributed by atoms with van der Waals surface area (Å²) >= 11 is 1.43. The number of amides is 1. The number of aromatic nitrogens is 4. The minimum absolute atomic E-state index is 0.145. The van der Waals surface area contributed by atoms with Crippen LogP contribution in [0.15, 0.2) is 41.8 Å². The molecule has 3 aromatic rings. The van der Waals surface area contributed by atoms with Crippen molar-refractivity contribution in [3.8, 4) is 5.69 Å². The van der Waals surface area contributed by atoms with Crippen molar-refractivity contribution in [2.45, 2.75) is 37.5 Å². The van der Waals surface area contributed by atoms with E-state index in [2.05, 4.69) is 28.9 Å². The topological polar surface area (TPSA) is 63.9 Å². The molecule has 1 saturated heterocycles. The maximum atomic E-state index is 13.2. The Labute approximate surface area is 173 Å². The zero-order chi connectivity index (χ0) is 20.5. The Morgan fingerprint density at radius 1 is 1.17 bits per heavy atom. The lowest BCUT2D eigenvalue weighted by Gasteiger charge is -2.36. The fourth-order valence-corrected chi connectivity index (χ4v) is 4.97. The Morgan fingerprint density at radius 2 is 1.86 bits per heavy atom. The van der Waals surface area contributed by atoms with Crippen molar-refractivity contribution < 1.29 is 9.18 Å².